The van der Waals surface area contributed by atoms with Crippen LogP contribution in [0.15, 0.2) is 12.2 Å². The normalized spacial score (nSPS) is 54.9. The molecule has 0 spiro atoms. The van der Waals surface area contributed by atoms with Gasteiger partial charge in [-0.3, -0.25) is 0 Å². The summed E-state index contributed by atoms with van der Waals surface area (Å²) in [7, 11) is 0. The van der Waals surface area contributed by atoms with E-state index in [9.17, 15) is 5.11 Å². The second-order valence-corrected chi connectivity index (χ2v) is 3.40. The quantitative estimate of drug-likeness (QED) is 0.483. The van der Waals surface area contributed by atoms with Crippen LogP contribution in [-0.2, 0) is 0 Å². The van der Waals surface area contributed by atoms with Gasteiger partial charge >= 0.3 is 0 Å². The summed E-state index contributed by atoms with van der Waals surface area (Å²) in [5.41, 5.74) is -0.389. The Labute approximate surface area is 55.4 Å². The van der Waals surface area contributed by atoms with Crippen LogP contribution in [0.3, 0.4) is 0 Å². The van der Waals surface area contributed by atoms with Crippen LogP contribution in [0.25, 0.3) is 0 Å². The highest BCUT2D eigenvalue weighted by Gasteiger charge is 2.46. The lowest BCUT2D eigenvalue weighted by Gasteiger charge is -2.22. The molecule has 0 aromatic carbocycles. The standard InChI is InChI=1S/C8H12O/c1-8(9)6-2-3-7(8)5-4-6/h2-3,6-7,9H,4-5H2,1H3. The van der Waals surface area contributed by atoms with E-state index in [0.29, 0.717) is 11.8 Å². The lowest BCUT2D eigenvalue weighted by Crippen LogP contribution is -2.30. The van der Waals surface area contributed by atoms with Crippen LogP contribution in [0.2, 0.25) is 0 Å². The molecule has 50 valence electrons. The first-order chi connectivity index (χ1) is 4.21. The van der Waals surface area contributed by atoms with Gasteiger partial charge in [0.1, 0.15) is 0 Å². The minimum atomic E-state index is -0.389. The zero-order valence-electron chi connectivity index (χ0n) is 5.67. The van der Waals surface area contributed by atoms with E-state index < -0.39 is 0 Å². The van der Waals surface area contributed by atoms with Gasteiger partial charge < -0.3 is 5.11 Å². The molecule has 2 unspecified atom stereocenters. The van der Waals surface area contributed by atoms with E-state index in [1.807, 2.05) is 6.92 Å². The minimum Gasteiger partial charge on any atom is -0.389 e. The molecule has 0 aliphatic heterocycles. The summed E-state index contributed by atoms with van der Waals surface area (Å²) >= 11 is 0. The Bertz CT molecular complexity index is 142. The Morgan fingerprint density at radius 2 is 1.78 bits per heavy atom. The molecule has 1 saturated carbocycles. The van der Waals surface area contributed by atoms with Gasteiger partial charge in [0.05, 0.1) is 5.60 Å². The van der Waals surface area contributed by atoms with E-state index in [2.05, 4.69) is 12.2 Å². The molecule has 2 bridgehead atoms. The number of fused-ring (bicyclic) bond motifs is 2. The summed E-state index contributed by atoms with van der Waals surface area (Å²) in [6, 6.07) is 0. The molecule has 0 amide bonds. The Kier molecular flexibility index (Phi) is 0.854. The van der Waals surface area contributed by atoms with Crippen LogP contribution in [0, 0.1) is 11.8 Å². The molecule has 1 fully saturated rings. The van der Waals surface area contributed by atoms with Crippen LogP contribution >= 0.6 is 0 Å². The van der Waals surface area contributed by atoms with Crippen LogP contribution < -0.4 is 0 Å². The summed E-state index contributed by atoms with van der Waals surface area (Å²) in [6.07, 6.45) is 6.70. The van der Waals surface area contributed by atoms with Gasteiger partial charge in [-0.2, -0.15) is 0 Å². The van der Waals surface area contributed by atoms with Gasteiger partial charge in [-0.1, -0.05) is 12.2 Å². The Morgan fingerprint density at radius 1 is 1.33 bits per heavy atom. The van der Waals surface area contributed by atoms with E-state index in [1.165, 1.54) is 12.8 Å². The smallest absolute Gasteiger partial charge is 0.0744 e. The third-order valence-corrected chi connectivity index (χ3v) is 2.87. The first-order valence-corrected chi connectivity index (χ1v) is 3.62. The van der Waals surface area contributed by atoms with Gasteiger partial charge in [0.15, 0.2) is 0 Å². The van der Waals surface area contributed by atoms with E-state index in [1.54, 1.807) is 0 Å². The topological polar surface area (TPSA) is 20.2 Å². The molecule has 1 N–H and O–H groups in total. The molecular formula is C8H12O. The lowest BCUT2D eigenvalue weighted by molar-refractivity contribution is 0.0226. The van der Waals surface area contributed by atoms with Crippen molar-refractivity contribution < 1.29 is 5.11 Å². The van der Waals surface area contributed by atoms with Crippen LogP contribution in [0.1, 0.15) is 19.8 Å². The van der Waals surface area contributed by atoms with Crippen molar-refractivity contribution in [2.75, 3.05) is 0 Å². The largest absolute Gasteiger partial charge is 0.389 e. The summed E-state index contributed by atoms with van der Waals surface area (Å²) in [6.45, 7) is 1.95. The van der Waals surface area contributed by atoms with Crippen molar-refractivity contribution in [1.29, 1.82) is 0 Å². The van der Waals surface area contributed by atoms with Gasteiger partial charge in [-0.15, -0.1) is 0 Å². The molecule has 0 radical (unpaired) electrons. The van der Waals surface area contributed by atoms with Crippen molar-refractivity contribution in [2.24, 2.45) is 11.8 Å². The van der Waals surface area contributed by atoms with Crippen LogP contribution in [0.4, 0.5) is 0 Å². The monoisotopic (exact) mass is 124 g/mol. The van der Waals surface area contributed by atoms with Gasteiger partial charge in [-0.05, 0) is 19.8 Å². The van der Waals surface area contributed by atoms with Gasteiger partial charge in [0.2, 0.25) is 0 Å². The van der Waals surface area contributed by atoms with Crippen LogP contribution in [0.5, 0.6) is 0 Å². The molecule has 1 nitrogen and oxygen atoms in total. The molecule has 1 heteroatoms. The summed E-state index contributed by atoms with van der Waals surface area (Å²) in [5, 5.41) is 9.73. The fourth-order valence-electron chi connectivity index (χ4n) is 2.07. The maximum atomic E-state index is 9.73. The van der Waals surface area contributed by atoms with Crippen molar-refractivity contribution in [3.8, 4) is 0 Å². The van der Waals surface area contributed by atoms with E-state index in [0.717, 1.165) is 0 Å². The molecule has 0 heterocycles. The summed E-state index contributed by atoms with van der Waals surface area (Å²) in [4.78, 5) is 0. The number of hydrogen-bond donors (Lipinski definition) is 1. The SMILES string of the molecule is CC1(O)C2C=CC1CC2. The Hall–Kier alpha value is -0.300. The molecule has 2 atom stereocenters. The molecule has 9 heavy (non-hydrogen) atoms. The fraction of sp³-hybridized carbons (Fsp3) is 0.750. The maximum absolute atomic E-state index is 9.73. The highest BCUT2D eigenvalue weighted by Crippen LogP contribution is 2.46. The number of rotatable bonds is 0. The van der Waals surface area contributed by atoms with Crippen molar-refractivity contribution in [3.05, 3.63) is 12.2 Å². The van der Waals surface area contributed by atoms with E-state index in [-0.39, 0.29) is 5.60 Å². The predicted octanol–water partition coefficient (Wildman–Crippen LogP) is 1.33. The Morgan fingerprint density at radius 3 is 1.89 bits per heavy atom. The summed E-state index contributed by atoms with van der Waals surface area (Å²) < 4.78 is 0. The van der Waals surface area contributed by atoms with Crippen molar-refractivity contribution >= 4 is 0 Å². The van der Waals surface area contributed by atoms with Crippen molar-refractivity contribution in [1.82, 2.24) is 0 Å². The zero-order chi connectivity index (χ0) is 6.48. The second kappa shape index (κ2) is 1.40. The van der Waals surface area contributed by atoms with Gasteiger partial charge in [-0.25, -0.2) is 0 Å². The molecule has 2 aliphatic carbocycles. The van der Waals surface area contributed by atoms with Crippen molar-refractivity contribution in [3.63, 3.8) is 0 Å². The van der Waals surface area contributed by atoms with E-state index in [4.69, 9.17) is 0 Å². The highest BCUT2D eigenvalue weighted by molar-refractivity contribution is 5.18. The highest BCUT2D eigenvalue weighted by atomic mass is 16.3. The molecule has 0 aromatic heterocycles. The number of aliphatic hydroxyl groups is 1. The third-order valence-electron chi connectivity index (χ3n) is 2.87. The minimum absolute atomic E-state index is 0.389. The zero-order valence-corrected chi connectivity index (χ0v) is 5.67. The lowest BCUT2D eigenvalue weighted by atomic mass is 9.93. The Balaban J connectivity index is 2.35. The van der Waals surface area contributed by atoms with Gasteiger partial charge in [0.25, 0.3) is 0 Å². The predicted molar refractivity (Wildman–Crippen MR) is 36.0 cm³/mol. The molecule has 2 aliphatic rings. The van der Waals surface area contributed by atoms with Crippen molar-refractivity contribution in [2.45, 2.75) is 25.4 Å². The average Bonchev–Trinajstić information content (AvgIpc) is 2.24. The van der Waals surface area contributed by atoms with Crippen LogP contribution in [-0.4, -0.2) is 10.7 Å². The maximum Gasteiger partial charge on any atom is 0.0744 e. The first-order valence-electron chi connectivity index (χ1n) is 3.62. The molecule has 0 saturated heterocycles. The third kappa shape index (κ3) is 0.531. The molecule has 2 rings (SSSR count). The number of hydrogen-bond acceptors (Lipinski definition) is 1. The summed E-state index contributed by atoms with van der Waals surface area (Å²) in [5.74, 6) is 0.921. The average molecular weight is 124 g/mol. The molecular weight excluding hydrogens is 112 g/mol. The second-order valence-electron chi connectivity index (χ2n) is 3.40. The van der Waals surface area contributed by atoms with Gasteiger partial charge in [0, 0.05) is 11.8 Å². The van der Waals surface area contributed by atoms with E-state index >= 15 is 0 Å². The molecule has 0 aromatic rings. The first kappa shape index (κ1) is 5.48. The fourth-order valence-corrected chi connectivity index (χ4v) is 2.07.